The van der Waals surface area contributed by atoms with Gasteiger partial charge in [-0.05, 0) is 12.1 Å². The number of fused-ring (bicyclic) bond motifs is 1. The standard InChI is InChI=1S/C11H8BrF3N2O2/c1-19-11(18)6-2-5(12)3-8-7(6)4-17(16-8)10(15)9(13)14/h2-4,9-10H,1H3. The maximum Gasteiger partial charge on any atom is 0.338 e. The number of esters is 1. The lowest BCUT2D eigenvalue weighted by atomic mass is 10.1. The molecule has 1 heterocycles. The molecule has 2 aromatic rings. The third-order valence-electron chi connectivity index (χ3n) is 2.47. The van der Waals surface area contributed by atoms with Crippen LogP contribution in [0.2, 0.25) is 0 Å². The Morgan fingerprint density at radius 2 is 2.11 bits per heavy atom. The van der Waals surface area contributed by atoms with E-state index < -0.39 is 18.7 Å². The van der Waals surface area contributed by atoms with Crippen LogP contribution in [0.4, 0.5) is 13.2 Å². The zero-order valence-electron chi connectivity index (χ0n) is 9.61. The first-order valence-corrected chi connectivity index (χ1v) is 5.92. The predicted molar refractivity (Wildman–Crippen MR) is 64.9 cm³/mol. The highest BCUT2D eigenvalue weighted by molar-refractivity contribution is 9.10. The highest BCUT2D eigenvalue weighted by Gasteiger charge is 2.24. The van der Waals surface area contributed by atoms with Crippen molar-refractivity contribution in [3.05, 3.63) is 28.4 Å². The van der Waals surface area contributed by atoms with Gasteiger partial charge in [-0.1, -0.05) is 15.9 Å². The van der Waals surface area contributed by atoms with E-state index in [4.69, 9.17) is 0 Å². The highest BCUT2D eigenvalue weighted by Crippen LogP contribution is 2.27. The number of nitrogens with zero attached hydrogens (tertiary/aromatic N) is 2. The molecule has 0 saturated carbocycles. The predicted octanol–water partition coefficient (Wildman–Crippen LogP) is 3.32. The molecule has 19 heavy (non-hydrogen) atoms. The second-order valence-corrected chi connectivity index (χ2v) is 4.61. The average Bonchev–Trinajstić information content (AvgIpc) is 2.79. The number of methoxy groups -OCH3 is 1. The van der Waals surface area contributed by atoms with Crippen LogP contribution < -0.4 is 0 Å². The molecule has 0 aliphatic carbocycles. The maximum atomic E-state index is 13.2. The van der Waals surface area contributed by atoms with E-state index >= 15 is 0 Å². The molecular formula is C11H8BrF3N2O2. The van der Waals surface area contributed by atoms with E-state index in [9.17, 15) is 18.0 Å². The second-order valence-electron chi connectivity index (χ2n) is 3.69. The van der Waals surface area contributed by atoms with Gasteiger partial charge >= 0.3 is 5.97 Å². The van der Waals surface area contributed by atoms with Crippen molar-refractivity contribution in [3.8, 4) is 0 Å². The maximum absolute atomic E-state index is 13.2. The van der Waals surface area contributed by atoms with Crippen molar-refractivity contribution in [2.45, 2.75) is 12.7 Å². The number of ether oxygens (including phenoxy) is 1. The first-order chi connectivity index (χ1) is 8.93. The fourth-order valence-electron chi connectivity index (χ4n) is 1.63. The SMILES string of the molecule is COC(=O)c1cc(Br)cc2nn(C(F)C(F)F)cc12. The Labute approximate surface area is 114 Å². The van der Waals surface area contributed by atoms with E-state index in [1.165, 1.54) is 19.2 Å². The molecule has 0 bridgehead atoms. The summed E-state index contributed by atoms with van der Waals surface area (Å²) < 4.78 is 43.4. The molecule has 102 valence electrons. The molecule has 1 atom stereocenters. The Balaban J connectivity index is 2.61. The summed E-state index contributed by atoms with van der Waals surface area (Å²) >= 11 is 3.16. The molecule has 1 unspecified atom stereocenters. The van der Waals surface area contributed by atoms with Crippen LogP contribution in [-0.2, 0) is 4.74 Å². The number of hydrogen-bond donors (Lipinski definition) is 0. The number of benzene rings is 1. The van der Waals surface area contributed by atoms with E-state index in [1.54, 1.807) is 0 Å². The van der Waals surface area contributed by atoms with Crippen LogP contribution in [0, 0.1) is 0 Å². The summed E-state index contributed by atoms with van der Waals surface area (Å²) in [5.74, 6) is -0.654. The number of halogens is 4. The molecule has 0 spiro atoms. The average molecular weight is 337 g/mol. The summed E-state index contributed by atoms with van der Waals surface area (Å²) in [4.78, 5) is 11.6. The van der Waals surface area contributed by atoms with Crippen LogP contribution in [0.3, 0.4) is 0 Å². The summed E-state index contributed by atoms with van der Waals surface area (Å²) in [7, 11) is 1.19. The first kappa shape index (κ1) is 13.9. The van der Waals surface area contributed by atoms with Crippen molar-refractivity contribution >= 4 is 32.8 Å². The molecule has 8 heteroatoms. The number of alkyl halides is 3. The van der Waals surface area contributed by atoms with Crippen molar-refractivity contribution in [2.75, 3.05) is 7.11 Å². The lowest BCUT2D eigenvalue weighted by molar-refractivity contribution is 0.00118. The molecule has 2 rings (SSSR count). The molecule has 1 aromatic carbocycles. The topological polar surface area (TPSA) is 44.1 Å². The molecule has 0 radical (unpaired) electrons. The van der Waals surface area contributed by atoms with Crippen LogP contribution in [0.25, 0.3) is 10.9 Å². The smallest absolute Gasteiger partial charge is 0.338 e. The van der Waals surface area contributed by atoms with Crippen molar-refractivity contribution in [1.82, 2.24) is 9.78 Å². The zero-order chi connectivity index (χ0) is 14.2. The van der Waals surface area contributed by atoms with Gasteiger partial charge in [0.05, 0.1) is 18.2 Å². The lowest BCUT2D eigenvalue weighted by Gasteiger charge is -2.05. The normalized spacial score (nSPS) is 12.9. The summed E-state index contributed by atoms with van der Waals surface area (Å²) in [6.07, 6.45) is -4.69. The van der Waals surface area contributed by atoms with E-state index in [1.807, 2.05) is 0 Å². The Hall–Kier alpha value is -1.57. The van der Waals surface area contributed by atoms with Gasteiger partial charge in [0.1, 0.15) is 0 Å². The van der Waals surface area contributed by atoms with Crippen LogP contribution >= 0.6 is 15.9 Å². The second kappa shape index (κ2) is 5.20. The van der Waals surface area contributed by atoms with Crippen molar-refractivity contribution < 1.29 is 22.7 Å². The highest BCUT2D eigenvalue weighted by atomic mass is 79.9. The van der Waals surface area contributed by atoms with Crippen LogP contribution in [0.1, 0.15) is 16.7 Å². The van der Waals surface area contributed by atoms with Gasteiger partial charge in [-0.3, -0.25) is 0 Å². The van der Waals surface area contributed by atoms with Crippen LogP contribution in [-0.4, -0.2) is 29.3 Å². The zero-order valence-corrected chi connectivity index (χ0v) is 11.2. The van der Waals surface area contributed by atoms with Crippen molar-refractivity contribution in [2.24, 2.45) is 0 Å². The minimum atomic E-state index is -3.20. The van der Waals surface area contributed by atoms with Gasteiger partial charge in [0.25, 0.3) is 12.7 Å². The quantitative estimate of drug-likeness (QED) is 0.807. The summed E-state index contributed by atoms with van der Waals surface area (Å²) in [6, 6.07) is 2.95. The summed E-state index contributed by atoms with van der Waals surface area (Å²) in [5.41, 5.74) is 0.345. The molecule has 0 N–H and O–H groups in total. The molecule has 0 saturated heterocycles. The first-order valence-electron chi connectivity index (χ1n) is 5.13. The minimum absolute atomic E-state index is 0.125. The van der Waals surface area contributed by atoms with Gasteiger partial charge in [0, 0.05) is 16.1 Å². The number of carbonyl (C=O) groups is 1. The largest absolute Gasteiger partial charge is 0.465 e. The number of aromatic nitrogens is 2. The summed E-state index contributed by atoms with van der Waals surface area (Å²) in [5, 5.41) is 3.94. The fraction of sp³-hybridized carbons (Fsp3) is 0.273. The van der Waals surface area contributed by atoms with Gasteiger partial charge < -0.3 is 4.74 Å². The molecular weight excluding hydrogens is 329 g/mol. The van der Waals surface area contributed by atoms with E-state index in [-0.39, 0.29) is 16.5 Å². The van der Waals surface area contributed by atoms with Gasteiger partial charge in [-0.25, -0.2) is 22.6 Å². The monoisotopic (exact) mass is 336 g/mol. The van der Waals surface area contributed by atoms with Crippen molar-refractivity contribution in [1.29, 1.82) is 0 Å². The Bertz CT molecular complexity index is 630. The third kappa shape index (κ3) is 2.58. The molecule has 0 amide bonds. The Morgan fingerprint density at radius 1 is 1.42 bits per heavy atom. The molecule has 0 aliphatic rings. The molecule has 4 nitrogen and oxygen atoms in total. The van der Waals surface area contributed by atoms with E-state index in [0.29, 0.717) is 9.15 Å². The van der Waals surface area contributed by atoms with Gasteiger partial charge in [-0.2, -0.15) is 5.10 Å². The Morgan fingerprint density at radius 3 is 2.68 bits per heavy atom. The van der Waals surface area contributed by atoms with Crippen molar-refractivity contribution in [3.63, 3.8) is 0 Å². The fourth-order valence-corrected chi connectivity index (χ4v) is 2.07. The van der Waals surface area contributed by atoms with E-state index in [0.717, 1.165) is 6.20 Å². The lowest BCUT2D eigenvalue weighted by Crippen LogP contribution is -2.12. The molecule has 1 aromatic heterocycles. The minimum Gasteiger partial charge on any atom is -0.465 e. The van der Waals surface area contributed by atoms with E-state index in [2.05, 4.69) is 25.8 Å². The molecule has 0 aliphatic heterocycles. The number of hydrogen-bond acceptors (Lipinski definition) is 3. The van der Waals surface area contributed by atoms with Gasteiger partial charge in [0.15, 0.2) is 0 Å². The molecule has 0 fully saturated rings. The van der Waals surface area contributed by atoms with Gasteiger partial charge in [-0.15, -0.1) is 0 Å². The number of rotatable bonds is 3. The van der Waals surface area contributed by atoms with Crippen LogP contribution in [0.15, 0.2) is 22.8 Å². The summed E-state index contributed by atoms with van der Waals surface area (Å²) in [6.45, 7) is 0. The third-order valence-corrected chi connectivity index (χ3v) is 2.93. The Kier molecular flexibility index (Phi) is 3.79. The van der Waals surface area contributed by atoms with Gasteiger partial charge in [0.2, 0.25) is 0 Å². The number of carbonyl (C=O) groups excluding carboxylic acids is 1. The van der Waals surface area contributed by atoms with Crippen LogP contribution in [0.5, 0.6) is 0 Å².